The molecule has 0 aromatic rings. The average molecular weight is 286 g/mol. The lowest BCUT2D eigenvalue weighted by molar-refractivity contribution is -0.126. The van der Waals surface area contributed by atoms with Crippen molar-refractivity contribution in [3.63, 3.8) is 0 Å². The molecule has 0 saturated carbocycles. The lowest BCUT2D eigenvalue weighted by Gasteiger charge is -2.30. The van der Waals surface area contributed by atoms with Gasteiger partial charge in [-0.3, -0.25) is 4.79 Å². The van der Waals surface area contributed by atoms with E-state index in [0.29, 0.717) is 13.0 Å². The number of hydrogen-bond donors (Lipinski definition) is 3. The van der Waals surface area contributed by atoms with E-state index in [1.807, 2.05) is 0 Å². The molecule has 0 aliphatic carbocycles. The molecule has 19 heavy (non-hydrogen) atoms. The van der Waals surface area contributed by atoms with E-state index in [2.05, 4.69) is 23.5 Å². The average Bonchev–Trinajstić information content (AvgIpc) is 2.99. The monoisotopic (exact) mass is 286 g/mol. The largest absolute Gasteiger partial charge is 0.350 e. The van der Waals surface area contributed by atoms with Crippen molar-refractivity contribution < 1.29 is 13.9 Å². The number of urea groups is 1. The molecule has 0 unspecified atom stereocenters. The Labute approximate surface area is 117 Å². The minimum atomic E-state index is -0.377. The van der Waals surface area contributed by atoms with Gasteiger partial charge in [-0.25, -0.2) is 9.08 Å². The molecule has 2 N–H and O–H groups in total. The number of nitrogens with zero attached hydrogens (tertiary/aromatic N) is 2. The number of carbonyl (C=O) groups excluding carboxylic acids is 2. The second-order valence-electron chi connectivity index (χ2n) is 5.29. The molecule has 3 fully saturated rings. The summed E-state index contributed by atoms with van der Waals surface area (Å²) in [4.78, 5) is 25.9. The third-order valence-electron chi connectivity index (χ3n) is 4.12. The second kappa shape index (κ2) is 5.18. The van der Waals surface area contributed by atoms with Crippen LogP contribution in [0.1, 0.15) is 19.3 Å². The van der Waals surface area contributed by atoms with Gasteiger partial charge in [0.15, 0.2) is 0 Å². The van der Waals surface area contributed by atoms with Gasteiger partial charge in [0.05, 0.1) is 6.04 Å². The van der Waals surface area contributed by atoms with E-state index in [-0.39, 0.29) is 30.1 Å². The van der Waals surface area contributed by atoms with Crippen molar-refractivity contribution in [1.82, 2.24) is 20.6 Å². The van der Waals surface area contributed by atoms with Crippen LogP contribution >= 0.6 is 12.9 Å². The van der Waals surface area contributed by atoms with Gasteiger partial charge in [0.2, 0.25) is 5.91 Å². The number of rotatable bonds is 3. The molecular formula is C11H18N4O3S. The number of amides is 3. The minimum Gasteiger partial charge on any atom is -0.350 e. The van der Waals surface area contributed by atoms with E-state index in [1.54, 1.807) is 4.90 Å². The molecule has 2 bridgehead atoms. The summed E-state index contributed by atoms with van der Waals surface area (Å²) in [5.74, 6) is -0.0542. The van der Waals surface area contributed by atoms with Crippen LogP contribution in [0.5, 0.6) is 0 Å². The predicted molar refractivity (Wildman–Crippen MR) is 70.2 cm³/mol. The number of nitrogens with one attached hydrogen (secondary N) is 2. The quantitative estimate of drug-likeness (QED) is 0.483. The smallest absolute Gasteiger partial charge is 0.345 e. The Morgan fingerprint density at radius 3 is 2.95 bits per heavy atom. The third-order valence-corrected chi connectivity index (χ3v) is 4.30. The van der Waals surface area contributed by atoms with Gasteiger partial charge < -0.3 is 15.5 Å². The van der Waals surface area contributed by atoms with Crippen LogP contribution in [0.25, 0.3) is 0 Å². The molecule has 7 nitrogen and oxygen atoms in total. The van der Waals surface area contributed by atoms with Gasteiger partial charge in [-0.1, -0.05) is 0 Å². The summed E-state index contributed by atoms with van der Waals surface area (Å²) < 4.78 is 4.79. The predicted octanol–water partition coefficient (Wildman–Crippen LogP) is -0.490. The first-order valence-electron chi connectivity index (χ1n) is 6.63. The fourth-order valence-electron chi connectivity index (χ4n) is 3.09. The molecule has 3 rings (SSSR count). The molecular weight excluding hydrogens is 268 g/mol. The Bertz CT molecular complexity index is 388. The molecule has 0 aromatic carbocycles. The van der Waals surface area contributed by atoms with Gasteiger partial charge >= 0.3 is 6.03 Å². The lowest BCUT2D eigenvalue weighted by atomic mass is 10.00. The highest BCUT2D eigenvalue weighted by molar-refractivity contribution is 7.75. The summed E-state index contributed by atoms with van der Waals surface area (Å²) in [6.07, 6.45) is 2.39. The molecule has 3 aliphatic heterocycles. The van der Waals surface area contributed by atoms with Gasteiger partial charge in [0.25, 0.3) is 0 Å². The molecule has 3 amide bonds. The number of carbonyl (C=O) groups is 2. The van der Waals surface area contributed by atoms with Crippen LogP contribution in [-0.4, -0.2) is 59.7 Å². The van der Waals surface area contributed by atoms with Gasteiger partial charge in [-0.15, -0.1) is 0 Å². The Morgan fingerprint density at radius 1 is 1.42 bits per heavy atom. The van der Waals surface area contributed by atoms with Crippen LogP contribution in [0.3, 0.4) is 0 Å². The third kappa shape index (κ3) is 2.28. The van der Waals surface area contributed by atoms with Crippen LogP contribution in [0.15, 0.2) is 0 Å². The molecule has 0 spiro atoms. The van der Waals surface area contributed by atoms with E-state index in [4.69, 9.17) is 4.28 Å². The van der Waals surface area contributed by atoms with Crippen molar-refractivity contribution in [2.45, 2.75) is 37.4 Å². The number of piperidine rings is 1. The molecule has 0 aromatic heterocycles. The lowest BCUT2D eigenvalue weighted by Crippen LogP contribution is -2.52. The molecule has 8 heteroatoms. The molecule has 3 heterocycles. The Kier molecular flexibility index (Phi) is 3.55. The fraction of sp³-hybridized carbons (Fsp3) is 0.818. The van der Waals surface area contributed by atoms with Crippen molar-refractivity contribution in [2.75, 3.05) is 19.6 Å². The standard InChI is InChI=1S/C11H18N4O3S/c16-10(13-7-3-4-12-5-7)9-2-1-8-6-14(9)11(17)15(8)18-19/h7-9,12,19H,1-6H2,(H,13,16)/t7-,8-,9+/m1/s1. The zero-order chi connectivity index (χ0) is 13.4. The SMILES string of the molecule is O=C(N[C@@H]1CCNC1)[C@@H]1CC[C@@H]2CN1C(=O)N2OS. The first-order chi connectivity index (χ1) is 9.20. The molecule has 3 aliphatic rings. The Morgan fingerprint density at radius 2 is 2.26 bits per heavy atom. The van der Waals surface area contributed by atoms with Crippen molar-refractivity contribution in [2.24, 2.45) is 0 Å². The molecule has 3 atom stereocenters. The van der Waals surface area contributed by atoms with E-state index in [9.17, 15) is 9.59 Å². The summed E-state index contributed by atoms with van der Waals surface area (Å²) in [6, 6.07) is -0.442. The van der Waals surface area contributed by atoms with Gasteiger partial charge in [-0.05, 0) is 25.8 Å². The van der Waals surface area contributed by atoms with Crippen LogP contribution in [0.2, 0.25) is 0 Å². The minimum absolute atomic E-state index is 0.0159. The topological polar surface area (TPSA) is 73.9 Å². The van der Waals surface area contributed by atoms with E-state index >= 15 is 0 Å². The number of hydroxylamine groups is 2. The first-order valence-corrected chi connectivity index (χ1v) is 6.99. The fourth-order valence-corrected chi connectivity index (χ4v) is 3.29. The van der Waals surface area contributed by atoms with Crippen LogP contribution in [0.4, 0.5) is 4.79 Å². The van der Waals surface area contributed by atoms with Crippen molar-refractivity contribution in [3.05, 3.63) is 0 Å². The second-order valence-corrected chi connectivity index (χ2v) is 5.45. The molecule has 106 valence electrons. The Balaban J connectivity index is 1.65. The van der Waals surface area contributed by atoms with Crippen molar-refractivity contribution >= 4 is 24.8 Å². The van der Waals surface area contributed by atoms with Gasteiger partial charge in [0, 0.05) is 32.0 Å². The zero-order valence-electron chi connectivity index (χ0n) is 10.5. The summed E-state index contributed by atoms with van der Waals surface area (Å²) in [7, 11) is 0. The number of thiol groups is 1. The Hall–Kier alpha value is -0.990. The summed E-state index contributed by atoms with van der Waals surface area (Å²) in [6.45, 7) is 2.28. The maximum atomic E-state index is 12.3. The van der Waals surface area contributed by atoms with Crippen LogP contribution in [0, 0.1) is 0 Å². The van der Waals surface area contributed by atoms with E-state index < -0.39 is 0 Å². The van der Waals surface area contributed by atoms with E-state index in [0.717, 1.165) is 25.9 Å². The highest BCUT2D eigenvalue weighted by atomic mass is 32.1. The highest BCUT2D eigenvalue weighted by Crippen LogP contribution is 2.30. The summed E-state index contributed by atoms with van der Waals surface area (Å²) in [5, 5.41) is 7.47. The van der Waals surface area contributed by atoms with Crippen LogP contribution in [-0.2, 0) is 9.08 Å². The summed E-state index contributed by atoms with van der Waals surface area (Å²) in [5.41, 5.74) is 0. The van der Waals surface area contributed by atoms with Crippen molar-refractivity contribution in [1.29, 1.82) is 0 Å². The van der Waals surface area contributed by atoms with Gasteiger partial charge in [0.1, 0.15) is 6.04 Å². The highest BCUT2D eigenvalue weighted by Gasteiger charge is 2.48. The molecule has 0 radical (unpaired) electrons. The normalized spacial score (nSPS) is 33.9. The van der Waals surface area contributed by atoms with Crippen molar-refractivity contribution in [3.8, 4) is 0 Å². The maximum absolute atomic E-state index is 12.3. The molecule has 3 saturated heterocycles. The summed E-state index contributed by atoms with van der Waals surface area (Å²) >= 11 is 3.70. The van der Waals surface area contributed by atoms with Crippen LogP contribution < -0.4 is 10.6 Å². The number of fused-ring (bicyclic) bond motifs is 2. The number of hydrogen-bond acceptors (Lipinski definition) is 5. The van der Waals surface area contributed by atoms with Gasteiger partial charge in [-0.2, -0.15) is 5.06 Å². The zero-order valence-corrected chi connectivity index (χ0v) is 11.4. The maximum Gasteiger partial charge on any atom is 0.345 e. The first kappa shape index (κ1) is 13.0. The van der Waals surface area contributed by atoms with E-state index in [1.165, 1.54) is 5.06 Å².